The van der Waals surface area contributed by atoms with Gasteiger partial charge in [-0.25, -0.2) is 0 Å². The molecule has 0 radical (unpaired) electrons. The lowest BCUT2D eigenvalue weighted by atomic mass is 10.0. The molecule has 0 spiro atoms. The van der Waals surface area contributed by atoms with Crippen molar-refractivity contribution in [1.29, 1.82) is 0 Å². The summed E-state index contributed by atoms with van der Waals surface area (Å²) in [6.07, 6.45) is 1.92. The first kappa shape index (κ1) is 18.7. The number of carbonyl (C=O) groups is 2. The number of rotatable bonds is 8. The molecule has 1 aliphatic carbocycles. The molecule has 0 bridgehead atoms. The Labute approximate surface area is 154 Å². The van der Waals surface area contributed by atoms with Crippen LogP contribution in [-0.4, -0.2) is 58.4 Å². The van der Waals surface area contributed by atoms with Crippen molar-refractivity contribution >= 4 is 23.2 Å². The molecule has 2 N–H and O–H groups in total. The molecule has 142 valence electrons. The van der Waals surface area contributed by atoms with Gasteiger partial charge in [-0.1, -0.05) is 12.1 Å². The Kier molecular flexibility index (Phi) is 6.11. The van der Waals surface area contributed by atoms with Crippen LogP contribution in [0.3, 0.4) is 0 Å². The number of benzene rings is 1. The first-order valence-corrected chi connectivity index (χ1v) is 9.18. The third-order valence-electron chi connectivity index (χ3n) is 4.93. The van der Waals surface area contributed by atoms with Crippen molar-refractivity contribution in [2.45, 2.75) is 19.3 Å². The predicted octanol–water partition coefficient (Wildman–Crippen LogP) is 1.39. The number of hydrogen-bond donors (Lipinski definition) is 2. The molecule has 0 unspecified atom stereocenters. The molecule has 1 heterocycles. The minimum Gasteiger partial charge on any atom is -0.385 e. The molecule has 1 aromatic carbocycles. The van der Waals surface area contributed by atoms with Gasteiger partial charge < -0.3 is 25.0 Å². The maximum Gasteiger partial charge on any atom is 0.240 e. The Morgan fingerprint density at radius 2 is 1.92 bits per heavy atom. The predicted molar refractivity (Wildman–Crippen MR) is 99.3 cm³/mol. The molecule has 1 saturated heterocycles. The maximum absolute atomic E-state index is 12.8. The van der Waals surface area contributed by atoms with Gasteiger partial charge in [0.05, 0.1) is 24.6 Å². The fourth-order valence-electron chi connectivity index (χ4n) is 3.17. The van der Waals surface area contributed by atoms with Crippen LogP contribution in [0.1, 0.15) is 19.3 Å². The van der Waals surface area contributed by atoms with Gasteiger partial charge in [0.2, 0.25) is 11.8 Å². The molecule has 2 amide bonds. The summed E-state index contributed by atoms with van der Waals surface area (Å²) in [6.45, 7) is 4.04. The highest BCUT2D eigenvalue weighted by Gasteiger charge is 2.56. The van der Waals surface area contributed by atoms with E-state index in [1.54, 1.807) is 7.11 Å². The largest absolute Gasteiger partial charge is 0.385 e. The molecule has 0 aromatic heterocycles. The Hall–Kier alpha value is -2.12. The highest BCUT2D eigenvalue weighted by molar-refractivity contribution is 6.13. The second-order valence-electron chi connectivity index (χ2n) is 6.76. The molecule has 0 atom stereocenters. The van der Waals surface area contributed by atoms with E-state index in [2.05, 4.69) is 15.5 Å². The van der Waals surface area contributed by atoms with Gasteiger partial charge in [-0.3, -0.25) is 9.59 Å². The van der Waals surface area contributed by atoms with E-state index in [0.29, 0.717) is 39.2 Å². The molecule has 26 heavy (non-hydrogen) atoms. The SMILES string of the molecule is COCCCNC(=O)C1(C(=O)Nc2ccccc2N2CCOCC2)CC1. The quantitative estimate of drug-likeness (QED) is 0.540. The molecule has 3 rings (SSSR count). The smallest absolute Gasteiger partial charge is 0.240 e. The maximum atomic E-state index is 12.8. The van der Waals surface area contributed by atoms with E-state index in [9.17, 15) is 9.59 Å². The van der Waals surface area contributed by atoms with Crippen LogP contribution in [0, 0.1) is 5.41 Å². The standard InChI is InChI=1S/C19H27N3O4/c1-25-12-4-9-20-17(23)19(7-8-19)18(24)21-15-5-2-3-6-16(15)22-10-13-26-14-11-22/h2-3,5-6H,4,7-14H2,1H3,(H,20,23)(H,21,24). The molecular formula is C19H27N3O4. The van der Waals surface area contributed by atoms with Crippen molar-refractivity contribution in [2.75, 3.05) is 56.8 Å². The lowest BCUT2D eigenvalue weighted by Gasteiger charge is -2.30. The molecular weight excluding hydrogens is 334 g/mol. The van der Waals surface area contributed by atoms with Gasteiger partial charge in [0, 0.05) is 33.4 Å². The third kappa shape index (κ3) is 4.16. The van der Waals surface area contributed by atoms with Gasteiger partial charge in [-0.05, 0) is 31.4 Å². The second kappa shape index (κ2) is 8.51. The highest BCUT2D eigenvalue weighted by atomic mass is 16.5. The zero-order valence-electron chi connectivity index (χ0n) is 15.3. The third-order valence-corrected chi connectivity index (χ3v) is 4.93. The Bertz CT molecular complexity index is 639. The van der Waals surface area contributed by atoms with Crippen molar-refractivity contribution in [3.05, 3.63) is 24.3 Å². The average molecular weight is 361 g/mol. The zero-order chi connectivity index (χ0) is 18.4. The van der Waals surface area contributed by atoms with E-state index in [0.717, 1.165) is 30.9 Å². The van der Waals surface area contributed by atoms with Crippen molar-refractivity contribution in [3.63, 3.8) is 0 Å². The summed E-state index contributed by atoms with van der Waals surface area (Å²) in [7, 11) is 1.63. The second-order valence-corrected chi connectivity index (χ2v) is 6.76. The monoisotopic (exact) mass is 361 g/mol. The molecule has 1 aromatic rings. The van der Waals surface area contributed by atoms with E-state index in [1.165, 1.54) is 0 Å². The molecule has 1 saturated carbocycles. The summed E-state index contributed by atoms with van der Waals surface area (Å²) in [4.78, 5) is 27.5. The van der Waals surface area contributed by atoms with Crippen LogP contribution >= 0.6 is 0 Å². The van der Waals surface area contributed by atoms with E-state index < -0.39 is 5.41 Å². The van der Waals surface area contributed by atoms with Gasteiger partial charge in [0.25, 0.3) is 0 Å². The highest BCUT2D eigenvalue weighted by Crippen LogP contribution is 2.47. The molecule has 2 fully saturated rings. The van der Waals surface area contributed by atoms with Crippen LogP contribution in [0.5, 0.6) is 0 Å². The fraction of sp³-hybridized carbons (Fsp3) is 0.579. The Morgan fingerprint density at radius 1 is 1.19 bits per heavy atom. The topological polar surface area (TPSA) is 79.9 Å². The number of nitrogens with zero attached hydrogens (tertiary/aromatic N) is 1. The first-order chi connectivity index (χ1) is 12.7. The van der Waals surface area contributed by atoms with E-state index in [4.69, 9.17) is 9.47 Å². The first-order valence-electron chi connectivity index (χ1n) is 9.18. The van der Waals surface area contributed by atoms with Crippen LogP contribution in [0.25, 0.3) is 0 Å². The van der Waals surface area contributed by atoms with Gasteiger partial charge >= 0.3 is 0 Å². The van der Waals surface area contributed by atoms with Crippen molar-refractivity contribution in [3.8, 4) is 0 Å². The number of para-hydroxylation sites is 2. The van der Waals surface area contributed by atoms with Gasteiger partial charge in [-0.2, -0.15) is 0 Å². The van der Waals surface area contributed by atoms with Gasteiger partial charge in [0.1, 0.15) is 5.41 Å². The van der Waals surface area contributed by atoms with Crippen LogP contribution in [0.15, 0.2) is 24.3 Å². The number of anilines is 2. The lowest BCUT2D eigenvalue weighted by molar-refractivity contribution is -0.134. The number of methoxy groups -OCH3 is 1. The molecule has 2 aliphatic rings. The summed E-state index contributed by atoms with van der Waals surface area (Å²) >= 11 is 0. The van der Waals surface area contributed by atoms with Crippen molar-refractivity contribution in [2.24, 2.45) is 5.41 Å². The van der Waals surface area contributed by atoms with Crippen molar-refractivity contribution < 1.29 is 19.1 Å². The Balaban J connectivity index is 1.63. The minimum atomic E-state index is -0.925. The summed E-state index contributed by atoms with van der Waals surface area (Å²) in [5.41, 5.74) is 0.795. The number of morpholine rings is 1. The summed E-state index contributed by atoms with van der Waals surface area (Å²) in [5.74, 6) is -0.405. The number of amides is 2. The fourth-order valence-corrected chi connectivity index (χ4v) is 3.17. The summed E-state index contributed by atoms with van der Waals surface area (Å²) in [5, 5.41) is 5.84. The molecule has 7 heteroatoms. The van der Waals surface area contributed by atoms with Gasteiger partial charge in [-0.15, -0.1) is 0 Å². The number of ether oxygens (including phenoxy) is 2. The van der Waals surface area contributed by atoms with E-state index >= 15 is 0 Å². The van der Waals surface area contributed by atoms with E-state index in [1.807, 2.05) is 24.3 Å². The zero-order valence-corrected chi connectivity index (χ0v) is 15.3. The lowest BCUT2D eigenvalue weighted by Crippen LogP contribution is -2.41. The van der Waals surface area contributed by atoms with Crippen LogP contribution in [0.4, 0.5) is 11.4 Å². The van der Waals surface area contributed by atoms with Gasteiger partial charge in [0.15, 0.2) is 0 Å². The minimum absolute atomic E-state index is 0.185. The number of carbonyl (C=O) groups excluding carboxylic acids is 2. The van der Waals surface area contributed by atoms with Crippen molar-refractivity contribution in [1.82, 2.24) is 5.32 Å². The molecule has 7 nitrogen and oxygen atoms in total. The Morgan fingerprint density at radius 3 is 2.62 bits per heavy atom. The summed E-state index contributed by atoms with van der Waals surface area (Å²) < 4.78 is 10.4. The van der Waals surface area contributed by atoms with Crippen LogP contribution in [0.2, 0.25) is 0 Å². The van der Waals surface area contributed by atoms with Crippen LogP contribution < -0.4 is 15.5 Å². The summed E-state index contributed by atoms with van der Waals surface area (Å²) in [6, 6.07) is 7.72. The van der Waals surface area contributed by atoms with Crippen LogP contribution in [-0.2, 0) is 19.1 Å². The normalized spacial score (nSPS) is 18.3. The average Bonchev–Trinajstić information content (AvgIpc) is 3.48. The van der Waals surface area contributed by atoms with E-state index in [-0.39, 0.29) is 11.8 Å². The number of hydrogen-bond acceptors (Lipinski definition) is 5. The number of nitrogens with one attached hydrogen (secondary N) is 2. The molecule has 1 aliphatic heterocycles.